The summed E-state index contributed by atoms with van der Waals surface area (Å²) in [5, 5.41) is 13.7. The van der Waals surface area contributed by atoms with E-state index in [0.717, 1.165) is 35.7 Å². The normalized spacial score (nSPS) is 15.8. The van der Waals surface area contributed by atoms with Gasteiger partial charge in [0.1, 0.15) is 22.3 Å². The van der Waals surface area contributed by atoms with E-state index >= 15 is 4.39 Å². The number of rotatable bonds is 4. The molecule has 1 amide bonds. The monoisotopic (exact) mass is 515 g/mol. The van der Waals surface area contributed by atoms with Crippen LogP contribution in [0, 0.1) is 12.7 Å². The number of anilines is 1. The maximum atomic E-state index is 15.6. The van der Waals surface area contributed by atoms with Gasteiger partial charge >= 0.3 is 0 Å². The zero-order chi connectivity index (χ0) is 25.5. The maximum Gasteiger partial charge on any atom is 0.262 e. The first-order valence-corrected chi connectivity index (χ1v) is 12.5. The molecule has 1 aliphatic rings. The zero-order valence-corrected chi connectivity index (χ0v) is 20.8. The number of benzene rings is 2. The average Bonchev–Trinajstić information content (AvgIpc) is 3.32. The van der Waals surface area contributed by atoms with E-state index in [0.29, 0.717) is 29.2 Å². The van der Waals surface area contributed by atoms with Crippen molar-refractivity contribution in [3.63, 3.8) is 0 Å². The van der Waals surface area contributed by atoms with Crippen LogP contribution in [0.3, 0.4) is 0 Å². The number of piperidine rings is 1. The standard InChI is InChI=1S/C27H23ClFN7O/c1-16-4-2-5-17-11-13-31-26(24(16)17)35(19-6-3-12-30-15-19)27(37)20-8-7-18(14-21(20)29)36-25-22(33-34-36)9-10-23(28)32-25/h2,4-5,7-11,13-14,19,30H,3,6,12,15H2,1H3/t19-/m1/s1. The second-order valence-electron chi connectivity index (χ2n) is 9.13. The van der Waals surface area contributed by atoms with Gasteiger partial charge in [0.2, 0.25) is 0 Å². The fourth-order valence-electron chi connectivity index (χ4n) is 4.96. The molecule has 0 aliphatic carbocycles. The summed E-state index contributed by atoms with van der Waals surface area (Å²) in [6.07, 6.45) is 3.40. The van der Waals surface area contributed by atoms with E-state index in [1.165, 1.54) is 16.8 Å². The zero-order valence-electron chi connectivity index (χ0n) is 20.0. The summed E-state index contributed by atoms with van der Waals surface area (Å²) in [5.41, 5.74) is 2.27. The summed E-state index contributed by atoms with van der Waals surface area (Å²) in [4.78, 5) is 24.6. The molecule has 37 heavy (non-hydrogen) atoms. The number of aromatic nitrogens is 5. The number of aryl methyl sites for hydroxylation is 1. The number of halogens is 2. The van der Waals surface area contributed by atoms with E-state index in [9.17, 15) is 4.79 Å². The van der Waals surface area contributed by atoms with Crippen molar-refractivity contribution in [3.8, 4) is 5.69 Å². The predicted molar refractivity (Wildman–Crippen MR) is 141 cm³/mol. The number of pyridine rings is 2. The highest BCUT2D eigenvalue weighted by Gasteiger charge is 2.32. The van der Waals surface area contributed by atoms with Crippen LogP contribution in [-0.2, 0) is 0 Å². The Morgan fingerprint density at radius 3 is 2.89 bits per heavy atom. The van der Waals surface area contributed by atoms with E-state index in [4.69, 9.17) is 11.6 Å². The molecule has 186 valence electrons. The number of nitrogens with one attached hydrogen (secondary N) is 1. The molecule has 6 rings (SSSR count). The first-order valence-electron chi connectivity index (χ1n) is 12.1. The largest absolute Gasteiger partial charge is 0.315 e. The summed E-state index contributed by atoms with van der Waals surface area (Å²) >= 11 is 6.04. The molecule has 1 atom stereocenters. The number of amides is 1. The summed E-state index contributed by atoms with van der Waals surface area (Å²) in [7, 11) is 0. The van der Waals surface area contributed by atoms with Crippen molar-refractivity contribution in [2.24, 2.45) is 0 Å². The molecule has 0 radical (unpaired) electrons. The lowest BCUT2D eigenvalue weighted by atomic mass is 10.0. The molecule has 4 heterocycles. The number of hydrogen-bond acceptors (Lipinski definition) is 6. The van der Waals surface area contributed by atoms with Crippen LogP contribution in [0.5, 0.6) is 0 Å². The van der Waals surface area contributed by atoms with Crippen molar-refractivity contribution < 1.29 is 9.18 Å². The molecule has 1 N–H and O–H groups in total. The molecule has 10 heteroatoms. The van der Waals surface area contributed by atoms with Gasteiger partial charge in [-0.3, -0.25) is 9.69 Å². The lowest BCUT2D eigenvalue weighted by Crippen LogP contribution is -2.49. The van der Waals surface area contributed by atoms with Crippen molar-refractivity contribution in [3.05, 3.63) is 82.9 Å². The van der Waals surface area contributed by atoms with Gasteiger partial charge in [0.15, 0.2) is 5.65 Å². The van der Waals surface area contributed by atoms with Crippen LogP contribution >= 0.6 is 11.6 Å². The Hall–Kier alpha value is -3.95. The van der Waals surface area contributed by atoms with Crippen molar-refractivity contribution >= 4 is 45.3 Å². The van der Waals surface area contributed by atoms with Crippen LogP contribution in [0.2, 0.25) is 5.15 Å². The van der Waals surface area contributed by atoms with Crippen LogP contribution in [0.25, 0.3) is 27.6 Å². The van der Waals surface area contributed by atoms with Gasteiger partial charge in [0, 0.05) is 24.2 Å². The van der Waals surface area contributed by atoms with E-state index in [-0.39, 0.29) is 16.8 Å². The molecular formula is C27H23ClFN7O. The lowest BCUT2D eigenvalue weighted by molar-refractivity contribution is 0.0968. The Morgan fingerprint density at radius 2 is 2.08 bits per heavy atom. The van der Waals surface area contributed by atoms with Crippen molar-refractivity contribution in [2.45, 2.75) is 25.8 Å². The Bertz CT molecular complexity index is 1640. The highest BCUT2D eigenvalue weighted by molar-refractivity contribution is 6.29. The molecule has 1 aliphatic heterocycles. The fraction of sp³-hybridized carbons (Fsp3) is 0.222. The average molecular weight is 516 g/mol. The smallest absolute Gasteiger partial charge is 0.262 e. The molecular weight excluding hydrogens is 493 g/mol. The third-order valence-electron chi connectivity index (χ3n) is 6.75. The second-order valence-corrected chi connectivity index (χ2v) is 9.51. The summed E-state index contributed by atoms with van der Waals surface area (Å²) < 4.78 is 17.0. The van der Waals surface area contributed by atoms with Gasteiger partial charge in [-0.2, -0.15) is 4.68 Å². The summed E-state index contributed by atoms with van der Waals surface area (Å²) in [6.45, 7) is 3.48. The third kappa shape index (κ3) is 4.20. The molecule has 0 unspecified atom stereocenters. The fourth-order valence-corrected chi connectivity index (χ4v) is 5.10. The van der Waals surface area contributed by atoms with E-state index in [2.05, 4.69) is 25.6 Å². The molecule has 2 aromatic carbocycles. The quantitative estimate of drug-likeness (QED) is 0.344. The van der Waals surface area contributed by atoms with Crippen LogP contribution in [-0.4, -0.2) is 50.0 Å². The molecule has 0 spiro atoms. The minimum atomic E-state index is -0.668. The Kier molecular flexibility index (Phi) is 6.02. The minimum Gasteiger partial charge on any atom is -0.315 e. The summed E-state index contributed by atoms with van der Waals surface area (Å²) in [5.74, 6) is -0.566. The highest BCUT2D eigenvalue weighted by atomic mass is 35.5. The number of hydrogen-bond donors (Lipinski definition) is 1. The number of nitrogens with zero attached hydrogens (tertiary/aromatic N) is 6. The summed E-state index contributed by atoms with van der Waals surface area (Å²) in [6, 6.07) is 15.4. The van der Waals surface area contributed by atoms with Gasteiger partial charge in [-0.25, -0.2) is 14.4 Å². The van der Waals surface area contributed by atoms with Gasteiger partial charge in [-0.05, 0) is 67.6 Å². The van der Waals surface area contributed by atoms with Gasteiger partial charge in [-0.1, -0.05) is 35.0 Å². The third-order valence-corrected chi connectivity index (χ3v) is 6.96. The van der Waals surface area contributed by atoms with Crippen LogP contribution in [0.15, 0.2) is 60.8 Å². The van der Waals surface area contributed by atoms with Gasteiger partial charge in [0.05, 0.1) is 17.3 Å². The highest BCUT2D eigenvalue weighted by Crippen LogP contribution is 2.32. The van der Waals surface area contributed by atoms with Crippen LogP contribution < -0.4 is 10.2 Å². The van der Waals surface area contributed by atoms with E-state index < -0.39 is 11.7 Å². The molecule has 3 aromatic heterocycles. The molecule has 5 aromatic rings. The van der Waals surface area contributed by atoms with E-state index in [1.54, 1.807) is 29.3 Å². The van der Waals surface area contributed by atoms with Gasteiger partial charge < -0.3 is 5.32 Å². The van der Waals surface area contributed by atoms with Crippen LogP contribution in [0.4, 0.5) is 10.2 Å². The van der Waals surface area contributed by atoms with E-state index in [1.807, 2.05) is 31.2 Å². The SMILES string of the molecule is Cc1cccc2ccnc(N(C(=O)c3ccc(-n4nnc5ccc(Cl)nc54)cc3F)[C@@H]3CCCNC3)c12. The second kappa shape index (κ2) is 9.49. The number of carbonyl (C=O) groups excluding carboxylic acids is 1. The Balaban J connectivity index is 1.44. The molecule has 0 bridgehead atoms. The van der Waals surface area contributed by atoms with Gasteiger partial charge in [-0.15, -0.1) is 5.10 Å². The first-order chi connectivity index (χ1) is 18.0. The topological polar surface area (TPSA) is 88.8 Å². The Morgan fingerprint density at radius 1 is 1.19 bits per heavy atom. The van der Waals surface area contributed by atoms with Crippen molar-refractivity contribution in [1.82, 2.24) is 30.3 Å². The lowest BCUT2D eigenvalue weighted by Gasteiger charge is -2.35. The predicted octanol–water partition coefficient (Wildman–Crippen LogP) is 4.86. The Labute approximate surface area is 217 Å². The minimum absolute atomic E-state index is 0.0443. The number of fused-ring (bicyclic) bond motifs is 2. The van der Waals surface area contributed by atoms with Crippen molar-refractivity contribution in [1.29, 1.82) is 0 Å². The molecule has 0 saturated carbocycles. The molecule has 1 fully saturated rings. The molecule has 1 saturated heterocycles. The number of carbonyl (C=O) groups is 1. The first kappa shape index (κ1) is 23.4. The maximum absolute atomic E-state index is 15.6. The molecule has 8 nitrogen and oxygen atoms in total. The van der Waals surface area contributed by atoms with Crippen molar-refractivity contribution in [2.75, 3.05) is 18.0 Å². The van der Waals surface area contributed by atoms with Crippen LogP contribution in [0.1, 0.15) is 28.8 Å². The van der Waals surface area contributed by atoms with Gasteiger partial charge in [0.25, 0.3) is 5.91 Å².